The molecular formula is C21H24ClN5O3. The van der Waals surface area contributed by atoms with E-state index >= 15 is 0 Å². The van der Waals surface area contributed by atoms with Gasteiger partial charge in [-0.05, 0) is 35.4 Å². The van der Waals surface area contributed by atoms with E-state index in [1.807, 2.05) is 31.6 Å². The van der Waals surface area contributed by atoms with Crippen molar-refractivity contribution in [2.24, 2.45) is 13.0 Å². The van der Waals surface area contributed by atoms with Crippen LogP contribution in [0.25, 0.3) is 0 Å². The van der Waals surface area contributed by atoms with Gasteiger partial charge in [0.25, 0.3) is 5.91 Å². The number of hydrogen-bond donors (Lipinski definition) is 3. The largest absolute Gasteiger partial charge is 0.459 e. The summed E-state index contributed by atoms with van der Waals surface area (Å²) in [6.07, 6.45) is 5.25. The third kappa shape index (κ3) is 4.90. The van der Waals surface area contributed by atoms with Crippen LogP contribution < -0.4 is 16.0 Å². The summed E-state index contributed by atoms with van der Waals surface area (Å²) in [4.78, 5) is 24.7. The number of nitrogens with one attached hydrogen (secondary N) is 3. The van der Waals surface area contributed by atoms with Gasteiger partial charge in [-0.2, -0.15) is 5.10 Å². The predicted octanol–water partition coefficient (Wildman–Crippen LogP) is 2.31. The smallest absolute Gasteiger partial charge is 0.291 e. The Morgan fingerprint density at radius 3 is 2.70 bits per heavy atom. The fourth-order valence-corrected chi connectivity index (χ4v) is 3.56. The maximum atomic E-state index is 12.7. The van der Waals surface area contributed by atoms with Crippen LogP contribution in [0.3, 0.4) is 0 Å². The summed E-state index contributed by atoms with van der Waals surface area (Å²) in [5.41, 5.74) is 2.70. The third-order valence-corrected chi connectivity index (χ3v) is 5.13. The van der Waals surface area contributed by atoms with Crippen molar-refractivity contribution in [2.75, 3.05) is 18.4 Å². The molecule has 1 aliphatic heterocycles. The van der Waals surface area contributed by atoms with E-state index in [-0.39, 0.29) is 41.8 Å². The second-order valence-corrected chi connectivity index (χ2v) is 7.16. The first-order valence-electron chi connectivity index (χ1n) is 9.51. The van der Waals surface area contributed by atoms with Crippen LogP contribution in [0, 0.1) is 5.92 Å². The number of anilines is 1. The molecule has 2 aromatic heterocycles. The summed E-state index contributed by atoms with van der Waals surface area (Å²) in [5.74, 6) is -0.00564. The van der Waals surface area contributed by atoms with Crippen molar-refractivity contribution < 1.29 is 14.0 Å². The Labute approximate surface area is 180 Å². The van der Waals surface area contributed by atoms with E-state index < -0.39 is 0 Å². The number of aromatic nitrogens is 2. The molecule has 3 heterocycles. The van der Waals surface area contributed by atoms with E-state index in [0.29, 0.717) is 18.8 Å². The first kappa shape index (κ1) is 21.6. The second-order valence-electron chi connectivity index (χ2n) is 7.16. The van der Waals surface area contributed by atoms with Crippen LogP contribution in [0.1, 0.15) is 27.6 Å². The minimum absolute atomic E-state index is 0. The van der Waals surface area contributed by atoms with Crippen LogP contribution in [0.2, 0.25) is 0 Å². The molecule has 8 nitrogen and oxygen atoms in total. The van der Waals surface area contributed by atoms with Gasteiger partial charge >= 0.3 is 0 Å². The summed E-state index contributed by atoms with van der Waals surface area (Å²) in [6.45, 7) is 1.86. The second kappa shape index (κ2) is 9.60. The van der Waals surface area contributed by atoms with Gasteiger partial charge < -0.3 is 20.4 Å². The summed E-state index contributed by atoms with van der Waals surface area (Å²) in [5, 5.41) is 13.3. The zero-order valence-electron chi connectivity index (χ0n) is 16.5. The Kier molecular flexibility index (Phi) is 6.91. The zero-order valence-corrected chi connectivity index (χ0v) is 17.3. The molecule has 2 atom stereocenters. The molecule has 1 fully saturated rings. The molecule has 2 amide bonds. The maximum absolute atomic E-state index is 12.7. The highest BCUT2D eigenvalue weighted by atomic mass is 35.5. The van der Waals surface area contributed by atoms with Gasteiger partial charge in [0.2, 0.25) is 5.91 Å². The van der Waals surface area contributed by atoms with Gasteiger partial charge in [0, 0.05) is 44.5 Å². The summed E-state index contributed by atoms with van der Waals surface area (Å²) < 4.78 is 6.84. The Bertz CT molecular complexity index is 985. The van der Waals surface area contributed by atoms with Crippen molar-refractivity contribution in [1.82, 2.24) is 20.4 Å². The monoisotopic (exact) mass is 429 g/mol. The minimum Gasteiger partial charge on any atom is -0.459 e. The lowest BCUT2D eigenvalue weighted by molar-refractivity contribution is -0.125. The van der Waals surface area contributed by atoms with Crippen LogP contribution in [-0.4, -0.2) is 34.7 Å². The average molecular weight is 430 g/mol. The molecular weight excluding hydrogens is 406 g/mol. The highest BCUT2D eigenvalue weighted by Gasteiger charge is 2.34. The van der Waals surface area contributed by atoms with Gasteiger partial charge in [0.1, 0.15) is 0 Å². The molecule has 3 N–H and O–H groups in total. The number of amides is 2. The zero-order chi connectivity index (χ0) is 20.2. The molecule has 4 rings (SSSR count). The van der Waals surface area contributed by atoms with Gasteiger partial charge in [0.05, 0.1) is 18.4 Å². The van der Waals surface area contributed by atoms with Crippen LogP contribution in [0.5, 0.6) is 0 Å². The quantitative estimate of drug-likeness (QED) is 0.558. The summed E-state index contributed by atoms with van der Waals surface area (Å²) >= 11 is 0. The molecule has 1 saturated heterocycles. The van der Waals surface area contributed by atoms with E-state index in [4.69, 9.17) is 4.42 Å². The van der Waals surface area contributed by atoms with E-state index in [2.05, 4.69) is 21.0 Å². The normalized spacial score (nSPS) is 17.9. The Hall–Kier alpha value is -3.10. The molecule has 9 heteroatoms. The number of rotatable bonds is 6. The topological polar surface area (TPSA) is 101 Å². The number of carbonyl (C=O) groups is 2. The van der Waals surface area contributed by atoms with Crippen LogP contribution in [0.4, 0.5) is 5.69 Å². The lowest BCUT2D eigenvalue weighted by atomic mass is 9.90. The third-order valence-electron chi connectivity index (χ3n) is 5.13. The SMILES string of the molecule is Cl.Cn1cc([C@H]2CNC[C@@H]2C(=O)NCc2ccc(NC(=O)c3ccco3)cc2)cn1. The Morgan fingerprint density at radius 1 is 1.23 bits per heavy atom. The number of halogens is 1. The molecule has 1 aromatic carbocycles. The molecule has 1 aliphatic rings. The average Bonchev–Trinajstić information content (AvgIpc) is 3.48. The standard InChI is InChI=1S/C21H23N5O3.ClH/c1-26-13-15(10-24-26)17-11-22-12-18(17)20(27)23-9-14-4-6-16(7-5-14)25-21(28)19-3-2-8-29-19;/h2-8,10,13,17-18,22H,9,11-12H2,1H3,(H,23,27)(H,25,28);1H/t17-,18+;/m1./s1. The van der Waals surface area contributed by atoms with Gasteiger partial charge in [-0.1, -0.05) is 12.1 Å². The number of furan rings is 1. The summed E-state index contributed by atoms with van der Waals surface area (Å²) in [6, 6.07) is 10.6. The van der Waals surface area contributed by atoms with E-state index in [0.717, 1.165) is 17.7 Å². The van der Waals surface area contributed by atoms with Gasteiger partial charge in [-0.15, -0.1) is 12.4 Å². The van der Waals surface area contributed by atoms with Crippen molar-refractivity contribution in [3.05, 3.63) is 71.9 Å². The van der Waals surface area contributed by atoms with E-state index in [1.165, 1.54) is 6.26 Å². The molecule has 30 heavy (non-hydrogen) atoms. The summed E-state index contributed by atoms with van der Waals surface area (Å²) in [7, 11) is 1.88. The van der Waals surface area contributed by atoms with Crippen molar-refractivity contribution in [2.45, 2.75) is 12.5 Å². The number of benzene rings is 1. The predicted molar refractivity (Wildman–Crippen MR) is 115 cm³/mol. The minimum atomic E-state index is -0.300. The van der Waals surface area contributed by atoms with E-state index in [9.17, 15) is 9.59 Å². The molecule has 0 unspecified atom stereocenters. The first-order valence-corrected chi connectivity index (χ1v) is 9.51. The van der Waals surface area contributed by atoms with Gasteiger partial charge in [-0.3, -0.25) is 14.3 Å². The Morgan fingerprint density at radius 2 is 2.03 bits per heavy atom. The van der Waals surface area contributed by atoms with E-state index in [1.54, 1.807) is 28.9 Å². The molecule has 158 valence electrons. The van der Waals surface area contributed by atoms with Crippen molar-refractivity contribution >= 4 is 29.9 Å². The molecule has 0 saturated carbocycles. The maximum Gasteiger partial charge on any atom is 0.291 e. The van der Waals surface area contributed by atoms with Crippen molar-refractivity contribution in [3.63, 3.8) is 0 Å². The molecule has 3 aromatic rings. The highest BCUT2D eigenvalue weighted by Crippen LogP contribution is 2.28. The number of aryl methyl sites for hydroxylation is 1. The lowest BCUT2D eigenvalue weighted by Gasteiger charge is -2.17. The molecule has 0 aliphatic carbocycles. The van der Waals surface area contributed by atoms with Gasteiger partial charge in [-0.25, -0.2) is 0 Å². The van der Waals surface area contributed by atoms with Crippen LogP contribution in [0.15, 0.2) is 59.5 Å². The number of carbonyl (C=O) groups excluding carboxylic acids is 2. The fraction of sp³-hybridized carbons (Fsp3) is 0.286. The van der Waals surface area contributed by atoms with Gasteiger partial charge in [0.15, 0.2) is 5.76 Å². The fourth-order valence-electron chi connectivity index (χ4n) is 3.56. The van der Waals surface area contributed by atoms with Crippen LogP contribution >= 0.6 is 12.4 Å². The number of nitrogens with zero attached hydrogens (tertiary/aromatic N) is 2. The van der Waals surface area contributed by atoms with Crippen molar-refractivity contribution in [3.8, 4) is 0 Å². The Balaban J connectivity index is 0.00000256. The van der Waals surface area contributed by atoms with Crippen molar-refractivity contribution in [1.29, 1.82) is 0 Å². The highest BCUT2D eigenvalue weighted by molar-refractivity contribution is 6.02. The number of hydrogen-bond acceptors (Lipinski definition) is 5. The molecule has 0 radical (unpaired) electrons. The van der Waals surface area contributed by atoms with Crippen LogP contribution in [-0.2, 0) is 18.4 Å². The molecule has 0 bridgehead atoms. The first-order chi connectivity index (χ1) is 14.1. The molecule has 0 spiro atoms. The lowest BCUT2D eigenvalue weighted by Crippen LogP contribution is -2.33.